The zero-order valence-corrected chi connectivity index (χ0v) is 18.4. The van der Waals surface area contributed by atoms with Gasteiger partial charge in [-0.1, -0.05) is 41.9 Å². The number of nitrogens with zero attached hydrogens (tertiary/aromatic N) is 3. The van der Waals surface area contributed by atoms with Gasteiger partial charge in [-0.3, -0.25) is 19.8 Å². The van der Waals surface area contributed by atoms with Crippen molar-refractivity contribution < 1.29 is 19.2 Å². The van der Waals surface area contributed by atoms with Gasteiger partial charge in [0.2, 0.25) is 0 Å². The van der Waals surface area contributed by atoms with Crippen molar-refractivity contribution in [2.45, 2.75) is 0 Å². The van der Waals surface area contributed by atoms with Crippen LogP contribution in [0.3, 0.4) is 0 Å². The van der Waals surface area contributed by atoms with Crippen LogP contribution < -0.4 is 14.4 Å². The molecule has 1 aliphatic rings. The first-order valence-corrected chi connectivity index (χ1v) is 10.2. The summed E-state index contributed by atoms with van der Waals surface area (Å²) in [6.07, 6.45) is 1.62. The van der Waals surface area contributed by atoms with Crippen molar-refractivity contribution in [3.8, 4) is 11.5 Å². The summed E-state index contributed by atoms with van der Waals surface area (Å²) in [5.74, 6) is 1.01. The molecule has 166 valence electrons. The Balaban J connectivity index is 1.88. The fourth-order valence-electron chi connectivity index (χ4n) is 3.43. The molecule has 1 aliphatic heterocycles. The van der Waals surface area contributed by atoms with Crippen LogP contribution >= 0.6 is 11.6 Å². The molecule has 33 heavy (non-hydrogen) atoms. The van der Waals surface area contributed by atoms with E-state index < -0.39 is 10.8 Å². The number of rotatable bonds is 6. The molecule has 3 aromatic rings. The standard InChI is InChI=1S/C24H18ClN3O5/c1-32-18-8-5-7-16(12-18)23-26-20(13-15-6-3-4-9-22(15)33-2)24(29)27(23)17-10-11-19(25)21(14-17)28(30)31/h3-14H,1-2H3/b20-13-. The second-order valence-corrected chi connectivity index (χ2v) is 7.38. The fraction of sp³-hybridized carbons (Fsp3) is 0.0833. The summed E-state index contributed by atoms with van der Waals surface area (Å²) in [5.41, 5.74) is 1.37. The number of aliphatic imine (C=N–C) groups is 1. The highest BCUT2D eigenvalue weighted by Crippen LogP contribution is 2.34. The van der Waals surface area contributed by atoms with E-state index in [0.717, 1.165) is 0 Å². The first kappa shape index (κ1) is 22.0. The van der Waals surface area contributed by atoms with Crippen molar-refractivity contribution in [2.24, 2.45) is 4.99 Å². The molecule has 0 saturated carbocycles. The molecule has 0 radical (unpaired) electrons. The molecule has 0 spiro atoms. The van der Waals surface area contributed by atoms with Crippen molar-refractivity contribution in [1.29, 1.82) is 0 Å². The van der Waals surface area contributed by atoms with Crippen LogP contribution in [0.1, 0.15) is 11.1 Å². The molecule has 0 aromatic heterocycles. The van der Waals surface area contributed by atoms with Gasteiger partial charge in [0.05, 0.1) is 24.8 Å². The normalized spacial score (nSPS) is 14.4. The van der Waals surface area contributed by atoms with Crippen molar-refractivity contribution >= 4 is 40.8 Å². The lowest BCUT2D eigenvalue weighted by atomic mass is 10.1. The molecule has 8 nitrogen and oxygen atoms in total. The number of anilines is 1. The van der Waals surface area contributed by atoms with Crippen molar-refractivity contribution in [1.82, 2.24) is 0 Å². The smallest absolute Gasteiger partial charge is 0.289 e. The number of ether oxygens (including phenoxy) is 2. The summed E-state index contributed by atoms with van der Waals surface area (Å²) < 4.78 is 10.7. The van der Waals surface area contributed by atoms with E-state index in [1.807, 2.05) is 12.1 Å². The molecule has 3 aromatic carbocycles. The van der Waals surface area contributed by atoms with E-state index in [0.29, 0.717) is 28.5 Å². The number of amidine groups is 1. The Morgan fingerprint density at radius 2 is 1.82 bits per heavy atom. The van der Waals surface area contributed by atoms with E-state index in [1.54, 1.807) is 42.5 Å². The van der Waals surface area contributed by atoms with E-state index >= 15 is 0 Å². The van der Waals surface area contributed by atoms with Gasteiger partial charge in [-0.15, -0.1) is 0 Å². The second-order valence-electron chi connectivity index (χ2n) is 6.97. The number of benzene rings is 3. The van der Waals surface area contributed by atoms with Crippen molar-refractivity contribution in [3.63, 3.8) is 0 Å². The number of amides is 1. The van der Waals surface area contributed by atoms with Crippen LogP contribution in [0.2, 0.25) is 5.02 Å². The number of hydrogen-bond donors (Lipinski definition) is 0. The summed E-state index contributed by atoms with van der Waals surface area (Å²) in [5, 5.41) is 11.4. The molecule has 1 amide bonds. The average molecular weight is 464 g/mol. The van der Waals surface area contributed by atoms with E-state index in [2.05, 4.69) is 4.99 Å². The predicted molar refractivity (Wildman–Crippen MR) is 126 cm³/mol. The Morgan fingerprint density at radius 1 is 1.03 bits per heavy atom. The largest absolute Gasteiger partial charge is 0.497 e. The monoisotopic (exact) mass is 463 g/mol. The first-order valence-electron chi connectivity index (χ1n) is 9.79. The van der Waals surface area contributed by atoms with E-state index in [4.69, 9.17) is 21.1 Å². The lowest BCUT2D eigenvalue weighted by Crippen LogP contribution is -2.32. The minimum Gasteiger partial charge on any atom is -0.497 e. The van der Waals surface area contributed by atoms with Gasteiger partial charge >= 0.3 is 0 Å². The van der Waals surface area contributed by atoms with Crippen LogP contribution in [0.15, 0.2) is 77.4 Å². The molecule has 0 saturated heterocycles. The molecular weight excluding hydrogens is 446 g/mol. The van der Waals surface area contributed by atoms with Gasteiger partial charge in [-0.25, -0.2) is 4.99 Å². The summed E-state index contributed by atoms with van der Waals surface area (Å²) >= 11 is 5.98. The highest BCUT2D eigenvalue weighted by molar-refractivity contribution is 6.35. The third-order valence-corrected chi connectivity index (χ3v) is 5.32. The molecule has 1 heterocycles. The molecule has 0 atom stereocenters. The van der Waals surface area contributed by atoms with Crippen LogP contribution in [-0.2, 0) is 4.79 Å². The molecule has 4 rings (SSSR count). The predicted octanol–water partition coefficient (Wildman–Crippen LogP) is 5.10. The topological polar surface area (TPSA) is 94.3 Å². The van der Waals surface area contributed by atoms with E-state index in [9.17, 15) is 14.9 Å². The Labute approximate surface area is 194 Å². The lowest BCUT2D eigenvalue weighted by Gasteiger charge is -2.19. The second kappa shape index (κ2) is 9.13. The number of methoxy groups -OCH3 is 2. The average Bonchev–Trinajstić information content (AvgIpc) is 3.15. The highest BCUT2D eigenvalue weighted by Gasteiger charge is 2.34. The summed E-state index contributed by atoms with van der Waals surface area (Å²) in [7, 11) is 3.08. The Bertz CT molecular complexity index is 1320. The molecule has 0 unspecified atom stereocenters. The third kappa shape index (κ3) is 4.28. The molecule has 0 fully saturated rings. The van der Waals surface area contributed by atoms with E-state index in [1.165, 1.54) is 37.3 Å². The Morgan fingerprint density at radius 3 is 2.55 bits per heavy atom. The number of nitro benzene ring substituents is 1. The number of halogens is 1. The van der Waals surface area contributed by atoms with Gasteiger partial charge < -0.3 is 9.47 Å². The number of carbonyl (C=O) groups is 1. The lowest BCUT2D eigenvalue weighted by molar-refractivity contribution is -0.384. The molecule has 0 N–H and O–H groups in total. The van der Waals surface area contributed by atoms with Gasteiger partial charge in [0.15, 0.2) is 0 Å². The highest BCUT2D eigenvalue weighted by atomic mass is 35.5. The zero-order valence-electron chi connectivity index (χ0n) is 17.7. The van der Waals surface area contributed by atoms with E-state index in [-0.39, 0.29) is 22.1 Å². The minimum atomic E-state index is -0.597. The number of para-hydroxylation sites is 1. The number of nitro groups is 1. The zero-order chi connectivity index (χ0) is 23.5. The van der Waals surface area contributed by atoms with Gasteiger partial charge in [-0.05, 0) is 36.4 Å². The summed E-state index contributed by atoms with van der Waals surface area (Å²) in [6.45, 7) is 0. The van der Waals surface area contributed by atoms with Gasteiger partial charge in [0, 0.05) is 17.2 Å². The maximum Gasteiger partial charge on any atom is 0.289 e. The van der Waals surface area contributed by atoms with Crippen LogP contribution in [0.5, 0.6) is 11.5 Å². The van der Waals surface area contributed by atoms with Crippen LogP contribution in [0.25, 0.3) is 6.08 Å². The molecule has 9 heteroatoms. The summed E-state index contributed by atoms with van der Waals surface area (Å²) in [6, 6.07) is 18.4. The number of carbonyl (C=O) groups excluding carboxylic acids is 1. The molecule has 0 aliphatic carbocycles. The van der Waals surface area contributed by atoms with Gasteiger partial charge in [-0.2, -0.15) is 0 Å². The van der Waals surface area contributed by atoms with Crippen LogP contribution in [-0.4, -0.2) is 30.9 Å². The number of hydrogen-bond acceptors (Lipinski definition) is 6. The van der Waals surface area contributed by atoms with Gasteiger partial charge in [0.1, 0.15) is 28.1 Å². The third-order valence-electron chi connectivity index (χ3n) is 5.00. The maximum atomic E-state index is 13.5. The van der Waals surface area contributed by atoms with Crippen LogP contribution in [0, 0.1) is 10.1 Å². The van der Waals surface area contributed by atoms with Crippen molar-refractivity contribution in [3.05, 3.63) is 98.7 Å². The Hall–Kier alpha value is -4.17. The fourth-order valence-corrected chi connectivity index (χ4v) is 3.61. The first-order chi connectivity index (χ1) is 15.9. The maximum absolute atomic E-state index is 13.5. The Kier molecular flexibility index (Phi) is 6.10. The van der Waals surface area contributed by atoms with Crippen molar-refractivity contribution in [2.75, 3.05) is 19.1 Å². The van der Waals surface area contributed by atoms with Crippen LogP contribution in [0.4, 0.5) is 11.4 Å². The minimum absolute atomic E-state index is 0.0277. The molecule has 0 bridgehead atoms. The quantitative estimate of drug-likeness (QED) is 0.288. The SMILES string of the molecule is COc1cccc(C2=N/C(=C\c3ccccc3OC)C(=O)N2c2ccc(Cl)c([N+](=O)[O-])c2)c1. The summed E-state index contributed by atoms with van der Waals surface area (Å²) in [4.78, 5) is 30.2. The van der Waals surface area contributed by atoms with Gasteiger partial charge in [0.25, 0.3) is 11.6 Å². The molecular formula is C24H18ClN3O5.